The Morgan fingerprint density at radius 2 is 2.07 bits per heavy atom. The van der Waals surface area contributed by atoms with E-state index in [9.17, 15) is 8.42 Å². The molecule has 160 valence electrons. The molecule has 0 radical (unpaired) electrons. The highest BCUT2D eigenvalue weighted by Crippen LogP contribution is 2.26. The van der Waals surface area contributed by atoms with Crippen molar-refractivity contribution in [1.29, 1.82) is 0 Å². The molecule has 2 heterocycles. The maximum Gasteiger partial charge on any atom is 0.193 e. The van der Waals surface area contributed by atoms with E-state index in [-0.39, 0.29) is 35.5 Å². The van der Waals surface area contributed by atoms with E-state index in [1.54, 1.807) is 7.05 Å². The number of nitrogens with one attached hydrogen (secondary N) is 1. The smallest absolute Gasteiger partial charge is 0.193 e. The molecular formula is C20H30IN5O2S. The van der Waals surface area contributed by atoms with Gasteiger partial charge in [0.25, 0.3) is 0 Å². The lowest BCUT2D eigenvalue weighted by molar-refractivity contribution is 0.485. The molecule has 9 heteroatoms. The van der Waals surface area contributed by atoms with Crippen LogP contribution in [0, 0.1) is 0 Å². The number of halogens is 1. The van der Waals surface area contributed by atoms with Gasteiger partial charge in [-0.1, -0.05) is 30.3 Å². The zero-order chi connectivity index (χ0) is 20.0. The number of guanidine groups is 1. The number of likely N-dealkylation sites (tertiary alicyclic amines) is 1. The Kier molecular flexibility index (Phi) is 8.94. The predicted octanol–water partition coefficient (Wildman–Crippen LogP) is 2.41. The molecule has 1 N–H and O–H groups in total. The molecule has 1 aromatic carbocycles. The first-order chi connectivity index (χ1) is 13.5. The van der Waals surface area contributed by atoms with Gasteiger partial charge in [-0.3, -0.25) is 9.67 Å². The first-order valence-corrected chi connectivity index (χ1v) is 11.5. The minimum absolute atomic E-state index is 0. The number of aliphatic imine (C=N–C) groups is 1. The van der Waals surface area contributed by atoms with Crippen LogP contribution >= 0.6 is 24.0 Å². The van der Waals surface area contributed by atoms with E-state index in [0.29, 0.717) is 18.9 Å². The molecule has 1 atom stereocenters. The van der Waals surface area contributed by atoms with E-state index in [1.165, 1.54) is 5.56 Å². The largest absolute Gasteiger partial charge is 0.356 e. The molecule has 1 aliphatic heterocycles. The molecule has 2 aromatic rings. The number of aromatic nitrogens is 2. The van der Waals surface area contributed by atoms with Crippen molar-refractivity contribution in [2.24, 2.45) is 12.0 Å². The van der Waals surface area contributed by atoms with Crippen LogP contribution in [0.2, 0.25) is 0 Å². The maximum absolute atomic E-state index is 12.3. The average molecular weight is 531 g/mol. The van der Waals surface area contributed by atoms with Crippen LogP contribution in [0.5, 0.6) is 0 Å². The third-order valence-corrected chi connectivity index (χ3v) is 6.72. The fourth-order valence-corrected chi connectivity index (χ4v) is 5.03. The first kappa shape index (κ1) is 23.7. The minimum atomic E-state index is -3.10. The van der Waals surface area contributed by atoms with Gasteiger partial charge < -0.3 is 10.2 Å². The van der Waals surface area contributed by atoms with E-state index < -0.39 is 9.84 Å². The van der Waals surface area contributed by atoms with Crippen molar-refractivity contribution in [2.75, 3.05) is 32.4 Å². The lowest BCUT2D eigenvalue weighted by Gasteiger charge is -2.21. The van der Waals surface area contributed by atoms with Crippen LogP contribution in [0.4, 0.5) is 0 Å². The summed E-state index contributed by atoms with van der Waals surface area (Å²) in [5, 5.41) is 7.58. The number of sulfone groups is 1. The Bertz CT molecular complexity index is 899. The van der Waals surface area contributed by atoms with Gasteiger partial charge >= 0.3 is 0 Å². The number of nitrogens with zero attached hydrogens (tertiary/aromatic N) is 4. The molecule has 0 saturated carbocycles. The molecule has 0 spiro atoms. The highest BCUT2D eigenvalue weighted by atomic mass is 127. The van der Waals surface area contributed by atoms with Crippen molar-refractivity contribution in [3.63, 3.8) is 0 Å². The summed E-state index contributed by atoms with van der Waals surface area (Å²) in [6, 6.07) is 9.33. The fraction of sp³-hybridized carbons (Fsp3) is 0.500. The number of benzene rings is 1. The quantitative estimate of drug-likeness (QED) is 0.257. The van der Waals surface area contributed by atoms with Crippen molar-refractivity contribution in [1.82, 2.24) is 20.0 Å². The SMILES string of the molecule is CN=C(NCCCS(=O)(=O)Cc1ccccc1)N1CCC(c2cnn(C)c2)C1.I. The number of rotatable bonds is 7. The summed E-state index contributed by atoms with van der Waals surface area (Å²) < 4.78 is 26.4. The van der Waals surface area contributed by atoms with E-state index in [4.69, 9.17) is 0 Å². The van der Waals surface area contributed by atoms with Gasteiger partial charge in [0.2, 0.25) is 0 Å². The minimum Gasteiger partial charge on any atom is -0.356 e. The molecule has 3 rings (SSSR count). The Hall–Kier alpha value is -1.62. The van der Waals surface area contributed by atoms with Gasteiger partial charge in [0.15, 0.2) is 15.8 Å². The summed E-state index contributed by atoms with van der Waals surface area (Å²) in [6.07, 6.45) is 5.63. The molecule has 1 aliphatic rings. The van der Waals surface area contributed by atoms with E-state index in [0.717, 1.165) is 31.0 Å². The Balaban J connectivity index is 0.00000300. The molecule has 1 aromatic heterocycles. The van der Waals surface area contributed by atoms with Crippen molar-refractivity contribution in [2.45, 2.75) is 24.5 Å². The molecule has 7 nitrogen and oxygen atoms in total. The van der Waals surface area contributed by atoms with Gasteiger partial charge in [0, 0.05) is 45.8 Å². The molecule has 1 saturated heterocycles. The van der Waals surface area contributed by atoms with Crippen LogP contribution in [0.1, 0.15) is 29.9 Å². The summed E-state index contributed by atoms with van der Waals surface area (Å²) in [6.45, 7) is 2.43. The van der Waals surface area contributed by atoms with Crippen LogP contribution in [-0.2, 0) is 22.6 Å². The predicted molar refractivity (Wildman–Crippen MR) is 127 cm³/mol. The number of hydrogen-bond acceptors (Lipinski definition) is 4. The van der Waals surface area contributed by atoms with Crippen molar-refractivity contribution >= 4 is 39.8 Å². The van der Waals surface area contributed by atoms with Crippen molar-refractivity contribution < 1.29 is 8.42 Å². The summed E-state index contributed by atoms with van der Waals surface area (Å²) in [5.41, 5.74) is 2.09. The van der Waals surface area contributed by atoms with Crippen molar-refractivity contribution in [3.05, 3.63) is 53.9 Å². The lowest BCUT2D eigenvalue weighted by Crippen LogP contribution is -2.40. The molecule has 0 aliphatic carbocycles. The molecule has 1 fully saturated rings. The summed E-state index contributed by atoms with van der Waals surface area (Å²) in [5.74, 6) is 1.57. The normalized spacial score (nSPS) is 17.2. The molecule has 29 heavy (non-hydrogen) atoms. The molecule has 1 unspecified atom stereocenters. The second kappa shape index (κ2) is 11.0. The van der Waals surface area contributed by atoms with Gasteiger partial charge in [-0.05, 0) is 24.0 Å². The van der Waals surface area contributed by atoms with Gasteiger partial charge in [-0.15, -0.1) is 24.0 Å². The Morgan fingerprint density at radius 3 is 2.72 bits per heavy atom. The zero-order valence-electron chi connectivity index (χ0n) is 17.0. The third kappa shape index (κ3) is 6.98. The van der Waals surface area contributed by atoms with Crippen LogP contribution in [0.25, 0.3) is 0 Å². The highest BCUT2D eigenvalue weighted by Gasteiger charge is 2.26. The number of hydrogen-bond donors (Lipinski definition) is 1. The highest BCUT2D eigenvalue weighted by molar-refractivity contribution is 14.0. The second-order valence-corrected chi connectivity index (χ2v) is 9.47. The van der Waals surface area contributed by atoms with Gasteiger partial charge in [0.05, 0.1) is 17.7 Å². The van der Waals surface area contributed by atoms with E-state index >= 15 is 0 Å². The molecule has 0 bridgehead atoms. The summed E-state index contributed by atoms with van der Waals surface area (Å²) in [4.78, 5) is 6.60. The summed E-state index contributed by atoms with van der Waals surface area (Å²) >= 11 is 0. The zero-order valence-corrected chi connectivity index (χ0v) is 20.1. The van der Waals surface area contributed by atoms with Crippen LogP contribution in [-0.4, -0.2) is 61.5 Å². The third-order valence-electron chi connectivity index (χ3n) is 5.04. The molecule has 0 amide bonds. The van der Waals surface area contributed by atoms with E-state index in [2.05, 4.69) is 26.5 Å². The average Bonchev–Trinajstić information content (AvgIpc) is 3.31. The Morgan fingerprint density at radius 1 is 1.31 bits per heavy atom. The van der Waals surface area contributed by atoms with Gasteiger partial charge in [0.1, 0.15) is 0 Å². The number of aryl methyl sites for hydroxylation is 1. The fourth-order valence-electron chi connectivity index (χ4n) is 3.60. The van der Waals surface area contributed by atoms with Gasteiger partial charge in [-0.2, -0.15) is 5.10 Å². The van der Waals surface area contributed by atoms with Crippen LogP contribution in [0.15, 0.2) is 47.7 Å². The van der Waals surface area contributed by atoms with E-state index in [1.807, 2.05) is 48.3 Å². The topological polar surface area (TPSA) is 79.6 Å². The van der Waals surface area contributed by atoms with Gasteiger partial charge in [-0.25, -0.2) is 8.42 Å². The summed E-state index contributed by atoms with van der Waals surface area (Å²) in [7, 11) is 0.599. The second-order valence-electron chi connectivity index (χ2n) is 7.28. The first-order valence-electron chi connectivity index (χ1n) is 9.65. The lowest BCUT2D eigenvalue weighted by atomic mass is 10.0. The van der Waals surface area contributed by atoms with Crippen LogP contribution < -0.4 is 5.32 Å². The maximum atomic E-state index is 12.3. The molecular weight excluding hydrogens is 501 g/mol. The Labute approximate surface area is 190 Å². The monoisotopic (exact) mass is 531 g/mol. The standard InChI is InChI=1S/C20H29N5O2S.HI/c1-21-20(25-11-9-18(15-25)19-13-23-24(2)14-19)22-10-6-12-28(26,27)16-17-7-4-3-5-8-17;/h3-5,7-8,13-14,18H,6,9-12,15-16H2,1-2H3,(H,21,22);1H. The van der Waals surface area contributed by atoms with Crippen molar-refractivity contribution in [3.8, 4) is 0 Å². The van der Waals surface area contributed by atoms with Crippen LogP contribution in [0.3, 0.4) is 0 Å².